The molecule has 6 nitrogen and oxygen atoms in total. The number of ether oxygens (including phenoxy) is 1. The Bertz CT molecular complexity index is 551. The number of hydrogen-bond acceptors (Lipinski definition) is 5. The van der Waals surface area contributed by atoms with Crippen molar-refractivity contribution >= 4 is 32.0 Å². The Morgan fingerprint density at radius 2 is 2.06 bits per heavy atom. The number of nitrogens with one attached hydrogen (secondary N) is 1. The predicted molar refractivity (Wildman–Crippen MR) is 68.5 cm³/mol. The number of amides is 1. The lowest BCUT2D eigenvalue weighted by Crippen LogP contribution is -2.36. The highest BCUT2D eigenvalue weighted by atomic mass is 79.9. The minimum atomic E-state index is -4.02. The minimum Gasteiger partial charge on any atom is -0.443 e. The van der Waals surface area contributed by atoms with Crippen molar-refractivity contribution in [3.63, 3.8) is 0 Å². The van der Waals surface area contributed by atoms with E-state index in [1.807, 2.05) is 0 Å². The van der Waals surface area contributed by atoms with Gasteiger partial charge in [0.25, 0.3) is 10.0 Å². The lowest BCUT2D eigenvalue weighted by Gasteiger charge is -2.19. The molecule has 0 aliphatic carbocycles. The molecule has 0 spiro atoms. The number of hydrogen-bond donors (Lipinski definition) is 1. The molecule has 0 fully saturated rings. The molecule has 8 heteroatoms. The molecule has 1 aromatic heterocycles. The Balaban J connectivity index is 2.87. The van der Waals surface area contributed by atoms with Crippen molar-refractivity contribution in [2.75, 3.05) is 0 Å². The number of pyridine rings is 1. The fraction of sp³-hybridized carbons (Fsp3) is 0.400. The van der Waals surface area contributed by atoms with E-state index < -0.39 is 21.7 Å². The average Bonchev–Trinajstić information content (AvgIpc) is 2.13. The van der Waals surface area contributed by atoms with E-state index in [1.165, 1.54) is 12.3 Å². The van der Waals surface area contributed by atoms with E-state index in [4.69, 9.17) is 4.74 Å². The first-order chi connectivity index (χ1) is 8.10. The summed E-state index contributed by atoms with van der Waals surface area (Å²) in [6, 6.07) is 2.86. The number of nitrogens with zero attached hydrogens (tertiary/aromatic N) is 1. The summed E-state index contributed by atoms with van der Waals surface area (Å²) in [6.45, 7) is 4.91. The molecule has 0 radical (unpaired) electrons. The molecule has 100 valence electrons. The molecule has 1 aromatic rings. The first-order valence-corrected chi connectivity index (χ1v) is 7.25. The molecule has 0 saturated carbocycles. The molecule has 18 heavy (non-hydrogen) atoms. The molecule has 0 unspecified atom stereocenters. The van der Waals surface area contributed by atoms with E-state index in [0.29, 0.717) is 4.47 Å². The van der Waals surface area contributed by atoms with Gasteiger partial charge in [0, 0.05) is 10.7 Å². The number of carbonyl (C=O) groups excluding carboxylic acids is 1. The summed E-state index contributed by atoms with van der Waals surface area (Å²) in [4.78, 5) is 15.1. The Labute approximate surface area is 114 Å². The Morgan fingerprint density at radius 3 is 2.56 bits per heavy atom. The number of aromatic nitrogens is 1. The quantitative estimate of drug-likeness (QED) is 0.893. The highest BCUT2D eigenvalue weighted by Crippen LogP contribution is 2.14. The van der Waals surface area contributed by atoms with E-state index in [1.54, 1.807) is 31.6 Å². The fourth-order valence-corrected chi connectivity index (χ4v) is 2.33. The fourth-order valence-electron chi connectivity index (χ4n) is 0.993. The van der Waals surface area contributed by atoms with Gasteiger partial charge < -0.3 is 4.74 Å². The van der Waals surface area contributed by atoms with Gasteiger partial charge in [-0.1, -0.05) is 15.9 Å². The second-order valence-corrected chi connectivity index (χ2v) is 6.96. The van der Waals surface area contributed by atoms with Gasteiger partial charge in [0.15, 0.2) is 5.03 Å². The molecule has 0 atom stereocenters. The van der Waals surface area contributed by atoms with Crippen LogP contribution in [0.1, 0.15) is 20.8 Å². The van der Waals surface area contributed by atoms with E-state index in [9.17, 15) is 13.2 Å². The van der Waals surface area contributed by atoms with Crippen LogP contribution in [-0.2, 0) is 14.8 Å². The van der Waals surface area contributed by atoms with Gasteiger partial charge >= 0.3 is 6.09 Å². The standard InChI is InChI=1S/C10H13BrN2O4S/c1-10(2,3)17-9(14)13-18(15,16)8-6-7(11)4-5-12-8/h4-6H,1-3H3,(H,13,14). The van der Waals surface area contributed by atoms with Crippen molar-refractivity contribution in [3.8, 4) is 0 Å². The summed E-state index contributed by atoms with van der Waals surface area (Å²) in [5.41, 5.74) is -0.774. The van der Waals surface area contributed by atoms with Crippen LogP contribution in [-0.4, -0.2) is 25.1 Å². The SMILES string of the molecule is CC(C)(C)OC(=O)NS(=O)(=O)c1cc(Br)ccn1. The summed E-state index contributed by atoms with van der Waals surface area (Å²) in [5, 5.41) is -0.261. The predicted octanol–water partition coefficient (Wildman–Crippen LogP) is 2.06. The summed E-state index contributed by atoms with van der Waals surface area (Å²) in [6.07, 6.45) is 0.276. The zero-order valence-corrected chi connectivity index (χ0v) is 12.5. The first kappa shape index (κ1) is 14.9. The van der Waals surface area contributed by atoms with Gasteiger partial charge in [-0.05, 0) is 32.9 Å². The molecular formula is C10H13BrN2O4S. The minimum absolute atomic E-state index is 0.261. The molecule has 1 amide bonds. The maximum Gasteiger partial charge on any atom is 0.421 e. The van der Waals surface area contributed by atoms with Crippen molar-refractivity contribution in [1.29, 1.82) is 0 Å². The lowest BCUT2D eigenvalue weighted by atomic mass is 10.2. The number of carbonyl (C=O) groups is 1. The molecule has 0 aromatic carbocycles. The summed E-state index contributed by atoms with van der Waals surface area (Å²) in [7, 11) is -4.02. The molecule has 0 aliphatic heterocycles. The second-order valence-electron chi connectivity index (χ2n) is 4.42. The second kappa shape index (κ2) is 5.23. The largest absolute Gasteiger partial charge is 0.443 e. The van der Waals surface area contributed by atoms with Crippen LogP contribution in [0.4, 0.5) is 4.79 Å². The zero-order valence-electron chi connectivity index (χ0n) is 10.1. The molecule has 0 bridgehead atoms. The van der Waals surface area contributed by atoms with Crippen molar-refractivity contribution in [1.82, 2.24) is 9.71 Å². The molecule has 0 saturated heterocycles. The van der Waals surface area contributed by atoms with Crippen LogP contribution in [0.25, 0.3) is 0 Å². The van der Waals surface area contributed by atoms with Gasteiger partial charge in [0.1, 0.15) is 5.60 Å². The van der Waals surface area contributed by atoms with Gasteiger partial charge in [-0.15, -0.1) is 0 Å². The van der Waals surface area contributed by atoms with Gasteiger partial charge in [0.2, 0.25) is 0 Å². The molecule has 1 N–H and O–H groups in total. The molecule has 0 aliphatic rings. The van der Waals surface area contributed by atoms with Crippen LogP contribution in [0.2, 0.25) is 0 Å². The van der Waals surface area contributed by atoms with Gasteiger partial charge in [0.05, 0.1) is 0 Å². The van der Waals surface area contributed by atoms with E-state index >= 15 is 0 Å². The maximum atomic E-state index is 11.8. The zero-order chi connectivity index (χ0) is 14.0. The van der Waals surface area contributed by atoms with Gasteiger partial charge in [-0.2, -0.15) is 8.42 Å². The summed E-state index contributed by atoms with van der Waals surface area (Å²) in [5.74, 6) is 0. The monoisotopic (exact) mass is 336 g/mol. The van der Waals surface area contributed by atoms with Crippen LogP contribution in [0.3, 0.4) is 0 Å². The third-order valence-corrected chi connectivity index (χ3v) is 3.29. The topological polar surface area (TPSA) is 85.4 Å². The third-order valence-electron chi connectivity index (χ3n) is 1.59. The van der Waals surface area contributed by atoms with Crippen LogP contribution in [0, 0.1) is 0 Å². The summed E-state index contributed by atoms with van der Waals surface area (Å²) >= 11 is 3.12. The van der Waals surface area contributed by atoms with Crippen LogP contribution >= 0.6 is 15.9 Å². The number of rotatable bonds is 2. The van der Waals surface area contributed by atoms with Gasteiger partial charge in [-0.3, -0.25) is 0 Å². The first-order valence-electron chi connectivity index (χ1n) is 4.97. The number of sulfonamides is 1. The molecular weight excluding hydrogens is 324 g/mol. The van der Waals surface area contributed by atoms with Crippen molar-refractivity contribution < 1.29 is 17.9 Å². The Kier molecular flexibility index (Phi) is 4.33. The third kappa shape index (κ3) is 4.61. The van der Waals surface area contributed by atoms with E-state index in [2.05, 4.69) is 20.9 Å². The van der Waals surface area contributed by atoms with Crippen molar-refractivity contribution in [2.24, 2.45) is 0 Å². The van der Waals surface area contributed by atoms with Crippen LogP contribution in [0.5, 0.6) is 0 Å². The number of halogens is 1. The van der Waals surface area contributed by atoms with Crippen molar-refractivity contribution in [3.05, 3.63) is 22.8 Å². The smallest absolute Gasteiger partial charge is 0.421 e. The normalized spacial score (nSPS) is 12.0. The highest BCUT2D eigenvalue weighted by Gasteiger charge is 2.23. The maximum absolute atomic E-state index is 11.8. The van der Waals surface area contributed by atoms with Crippen LogP contribution in [0.15, 0.2) is 27.8 Å². The van der Waals surface area contributed by atoms with Crippen LogP contribution < -0.4 is 4.72 Å². The average molecular weight is 337 g/mol. The van der Waals surface area contributed by atoms with E-state index in [0.717, 1.165) is 0 Å². The molecule has 1 rings (SSSR count). The Hall–Kier alpha value is -1.15. The van der Waals surface area contributed by atoms with Crippen molar-refractivity contribution in [2.45, 2.75) is 31.4 Å². The van der Waals surface area contributed by atoms with Gasteiger partial charge in [-0.25, -0.2) is 14.5 Å². The van der Waals surface area contributed by atoms with E-state index in [-0.39, 0.29) is 5.03 Å². The Morgan fingerprint density at radius 1 is 1.44 bits per heavy atom. The molecule has 1 heterocycles. The highest BCUT2D eigenvalue weighted by molar-refractivity contribution is 9.10. The lowest BCUT2D eigenvalue weighted by molar-refractivity contribution is 0.0570. The summed E-state index contributed by atoms with van der Waals surface area (Å²) < 4.78 is 30.8.